The number of hydrogen-bond donors (Lipinski definition) is 0. The normalized spacial score (nSPS) is 14.0. The highest BCUT2D eigenvalue weighted by atomic mass is 15.0. The highest BCUT2D eigenvalue weighted by molar-refractivity contribution is 6.10. The second kappa shape index (κ2) is 8.56. The Balaban J connectivity index is 1.50. The molecule has 0 radical (unpaired) electrons. The van der Waals surface area contributed by atoms with Crippen LogP contribution in [0, 0.1) is 0 Å². The summed E-state index contributed by atoms with van der Waals surface area (Å²) in [5.74, 6) is 0. The summed E-state index contributed by atoms with van der Waals surface area (Å²) in [7, 11) is 0. The third kappa shape index (κ3) is 3.10. The number of pyridine rings is 1. The van der Waals surface area contributed by atoms with Gasteiger partial charge >= 0.3 is 0 Å². The predicted octanol–water partition coefficient (Wildman–Crippen LogP) is 8.95. The lowest BCUT2D eigenvalue weighted by molar-refractivity contribution is -0.577. The molecule has 1 aliphatic rings. The first-order valence-corrected chi connectivity index (χ1v) is 13.6. The largest absolute Gasteiger partial charge is 0.309 e. The molecule has 1 aliphatic heterocycles. The molecule has 0 amide bonds. The molecular weight excluding hydrogens is 460 g/mol. The Morgan fingerprint density at radius 3 is 2.24 bits per heavy atom. The van der Waals surface area contributed by atoms with Crippen LogP contribution >= 0.6 is 0 Å². The number of aromatic nitrogens is 2. The Hall–Kier alpha value is -4.43. The van der Waals surface area contributed by atoms with Crippen molar-refractivity contribution in [3.05, 3.63) is 128 Å². The van der Waals surface area contributed by atoms with E-state index in [-0.39, 0.29) is 5.41 Å². The van der Waals surface area contributed by atoms with E-state index in [0.29, 0.717) is 0 Å². The molecule has 0 aliphatic carbocycles. The van der Waals surface area contributed by atoms with Gasteiger partial charge < -0.3 is 4.57 Å². The zero-order valence-corrected chi connectivity index (χ0v) is 22.0. The van der Waals surface area contributed by atoms with Gasteiger partial charge in [-0.15, -0.1) is 0 Å². The van der Waals surface area contributed by atoms with Crippen molar-refractivity contribution in [2.75, 3.05) is 0 Å². The van der Waals surface area contributed by atoms with Crippen molar-refractivity contribution in [2.45, 2.75) is 32.1 Å². The van der Waals surface area contributed by atoms with Crippen LogP contribution in [0.15, 0.2) is 122 Å². The quantitative estimate of drug-likeness (QED) is 0.218. The van der Waals surface area contributed by atoms with Crippen molar-refractivity contribution in [3.63, 3.8) is 0 Å². The van der Waals surface area contributed by atoms with E-state index in [2.05, 4.69) is 145 Å². The summed E-state index contributed by atoms with van der Waals surface area (Å²) < 4.78 is 4.73. The standard InChI is InChI=1S/C36H31N2/c1-4-36(5-2)25(3)37-22-12-11-16-33(37)31-24-28(19-20-32(31)36)38-34-17-10-9-15-29(34)30-23-27(18-21-35(30)38)26-13-7-6-8-14-26/h6-24H,3-5H2,1-2H3/q+1. The van der Waals surface area contributed by atoms with E-state index < -0.39 is 0 Å². The van der Waals surface area contributed by atoms with E-state index in [1.807, 2.05) is 0 Å². The number of hydrogen-bond acceptors (Lipinski definition) is 0. The van der Waals surface area contributed by atoms with Crippen molar-refractivity contribution in [2.24, 2.45) is 0 Å². The number of rotatable bonds is 4. The number of para-hydroxylation sites is 1. The molecular formula is C36H31N2+. The average Bonchev–Trinajstić information content (AvgIpc) is 3.32. The topological polar surface area (TPSA) is 8.81 Å². The molecule has 0 spiro atoms. The first kappa shape index (κ1) is 22.7. The van der Waals surface area contributed by atoms with Crippen molar-refractivity contribution in [3.8, 4) is 28.1 Å². The van der Waals surface area contributed by atoms with Crippen LogP contribution < -0.4 is 4.57 Å². The van der Waals surface area contributed by atoms with Crippen molar-refractivity contribution >= 4 is 27.5 Å². The molecule has 38 heavy (non-hydrogen) atoms. The molecule has 3 heterocycles. The number of fused-ring (bicyclic) bond motifs is 6. The van der Waals surface area contributed by atoms with Gasteiger partial charge in [0.15, 0.2) is 11.9 Å². The van der Waals surface area contributed by atoms with Gasteiger partial charge in [0.05, 0.1) is 22.0 Å². The lowest BCUT2D eigenvalue weighted by Crippen LogP contribution is -2.48. The molecule has 0 saturated carbocycles. The minimum absolute atomic E-state index is 0.0711. The van der Waals surface area contributed by atoms with Crippen LogP contribution in [-0.4, -0.2) is 4.57 Å². The summed E-state index contributed by atoms with van der Waals surface area (Å²) in [6.45, 7) is 9.17. The molecule has 2 heteroatoms. The van der Waals surface area contributed by atoms with E-state index in [1.54, 1.807) is 0 Å². The van der Waals surface area contributed by atoms with E-state index >= 15 is 0 Å². The van der Waals surface area contributed by atoms with Crippen LogP contribution in [0.2, 0.25) is 0 Å². The summed E-state index contributed by atoms with van der Waals surface area (Å²) in [6, 6.07) is 39.8. The Kier molecular flexibility index (Phi) is 5.13. The summed E-state index contributed by atoms with van der Waals surface area (Å²) in [6.07, 6.45) is 4.21. The summed E-state index contributed by atoms with van der Waals surface area (Å²) >= 11 is 0. The fraction of sp³-hybridized carbons (Fsp3) is 0.139. The van der Waals surface area contributed by atoms with Gasteiger partial charge in [0, 0.05) is 28.6 Å². The first-order chi connectivity index (χ1) is 18.7. The van der Waals surface area contributed by atoms with Gasteiger partial charge in [0.25, 0.3) is 0 Å². The van der Waals surface area contributed by atoms with Crippen LogP contribution in [0.4, 0.5) is 0 Å². The summed E-state index contributed by atoms with van der Waals surface area (Å²) in [4.78, 5) is 0. The van der Waals surface area contributed by atoms with Gasteiger partial charge in [-0.1, -0.05) is 74.5 Å². The van der Waals surface area contributed by atoms with Crippen LogP contribution in [-0.2, 0) is 5.41 Å². The van der Waals surface area contributed by atoms with Gasteiger partial charge in [-0.05, 0) is 72.5 Å². The smallest absolute Gasteiger partial charge is 0.218 e. The van der Waals surface area contributed by atoms with Crippen molar-refractivity contribution in [1.82, 2.24) is 4.57 Å². The third-order valence-electron chi connectivity index (χ3n) is 8.74. The highest BCUT2D eigenvalue weighted by Crippen LogP contribution is 2.47. The van der Waals surface area contributed by atoms with Crippen molar-refractivity contribution in [1.29, 1.82) is 0 Å². The second-order valence-electron chi connectivity index (χ2n) is 10.4. The average molecular weight is 492 g/mol. The first-order valence-electron chi connectivity index (χ1n) is 13.6. The van der Waals surface area contributed by atoms with Gasteiger partial charge in [-0.3, -0.25) is 0 Å². The molecule has 0 atom stereocenters. The highest BCUT2D eigenvalue weighted by Gasteiger charge is 2.45. The molecule has 2 aromatic heterocycles. The van der Waals surface area contributed by atoms with Crippen LogP contribution in [0.3, 0.4) is 0 Å². The van der Waals surface area contributed by atoms with Gasteiger partial charge in [-0.2, -0.15) is 4.57 Å². The molecule has 0 unspecified atom stereocenters. The van der Waals surface area contributed by atoms with Crippen LogP contribution in [0.25, 0.3) is 55.6 Å². The molecule has 2 nitrogen and oxygen atoms in total. The van der Waals surface area contributed by atoms with E-state index in [9.17, 15) is 0 Å². The molecule has 6 aromatic rings. The minimum Gasteiger partial charge on any atom is -0.309 e. The lowest BCUT2D eigenvalue weighted by Gasteiger charge is -2.35. The number of allylic oxidation sites excluding steroid dienone is 1. The molecule has 0 fully saturated rings. The number of nitrogens with zero attached hydrogens (tertiary/aromatic N) is 2. The van der Waals surface area contributed by atoms with Gasteiger partial charge in [-0.25, -0.2) is 0 Å². The van der Waals surface area contributed by atoms with E-state index in [1.165, 1.54) is 61.1 Å². The molecule has 4 aromatic carbocycles. The molecule has 0 saturated heterocycles. The van der Waals surface area contributed by atoms with Crippen LogP contribution in [0.1, 0.15) is 32.3 Å². The fourth-order valence-electron chi connectivity index (χ4n) is 6.68. The number of benzene rings is 4. The second-order valence-corrected chi connectivity index (χ2v) is 10.4. The third-order valence-corrected chi connectivity index (χ3v) is 8.74. The maximum atomic E-state index is 4.59. The Morgan fingerprint density at radius 1 is 0.684 bits per heavy atom. The zero-order valence-electron chi connectivity index (χ0n) is 22.0. The fourth-order valence-corrected chi connectivity index (χ4v) is 6.68. The van der Waals surface area contributed by atoms with Crippen LogP contribution in [0.5, 0.6) is 0 Å². The molecule has 184 valence electrons. The zero-order chi connectivity index (χ0) is 25.9. The molecule has 0 N–H and O–H groups in total. The SMILES string of the molecule is C=C1[n+]2ccccc2-c2cc(-n3c4ccccc4c4cc(-c5ccccc5)ccc43)ccc2C1(CC)CC. The monoisotopic (exact) mass is 491 g/mol. The minimum atomic E-state index is -0.0711. The van der Waals surface area contributed by atoms with E-state index in [4.69, 9.17) is 0 Å². The maximum absolute atomic E-state index is 4.59. The van der Waals surface area contributed by atoms with Gasteiger partial charge in [0.1, 0.15) is 0 Å². The maximum Gasteiger partial charge on any atom is 0.218 e. The summed E-state index contributed by atoms with van der Waals surface area (Å²) in [5.41, 5.74) is 11.1. The summed E-state index contributed by atoms with van der Waals surface area (Å²) in [5, 5.41) is 2.55. The van der Waals surface area contributed by atoms with Gasteiger partial charge in [0.2, 0.25) is 5.69 Å². The predicted molar refractivity (Wildman–Crippen MR) is 159 cm³/mol. The van der Waals surface area contributed by atoms with E-state index in [0.717, 1.165) is 12.8 Å². The Bertz CT molecular complexity index is 1850. The molecule has 7 rings (SSSR count). The van der Waals surface area contributed by atoms with Crippen molar-refractivity contribution < 1.29 is 4.57 Å². The Morgan fingerprint density at radius 2 is 1.42 bits per heavy atom. The Labute approximate surface area is 224 Å². The molecule has 0 bridgehead atoms. The lowest BCUT2D eigenvalue weighted by atomic mass is 9.69.